The van der Waals surface area contributed by atoms with E-state index in [0.717, 1.165) is 17.3 Å². The van der Waals surface area contributed by atoms with Crippen molar-refractivity contribution >= 4 is 35.2 Å². The summed E-state index contributed by atoms with van der Waals surface area (Å²) < 4.78 is 0. The number of aliphatic imine (C=N–C) groups is 1. The minimum atomic E-state index is -0.231. The third-order valence-electron chi connectivity index (χ3n) is 2.63. The van der Waals surface area contributed by atoms with Crippen LogP contribution in [0.1, 0.15) is 20.8 Å². The summed E-state index contributed by atoms with van der Waals surface area (Å²) in [6.45, 7) is 6.79. The van der Waals surface area contributed by atoms with E-state index in [0.29, 0.717) is 5.96 Å². The quantitative estimate of drug-likeness (QED) is 0.317. The number of hydrogen-bond acceptors (Lipinski definition) is 3. The highest BCUT2D eigenvalue weighted by Crippen LogP contribution is 2.19. The van der Waals surface area contributed by atoms with E-state index in [4.69, 9.17) is 11.6 Å². The maximum absolute atomic E-state index is 11.8. The van der Waals surface area contributed by atoms with Crippen LogP contribution in [0.25, 0.3) is 0 Å². The molecule has 0 saturated carbocycles. The number of nitrogens with one attached hydrogen (secondary N) is 3. The van der Waals surface area contributed by atoms with Gasteiger partial charge in [-0.2, -0.15) is 0 Å². The van der Waals surface area contributed by atoms with Gasteiger partial charge in [0.25, 0.3) is 0 Å². The normalized spacial score (nSPS) is 12.0. The van der Waals surface area contributed by atoms with Crippen LogP contribution in [-0.4, -0.2) is 43.3 Å². The van der Waals surface area contributed by atoms with Gasteiger partial charge in [0.2, 0.25) is 5.91 Å². The van der Waals surface area contributed by atoms with Gasteiger partial charge in [-0.05, 0) is 45.0 Å². The standard InChI is InChI=1S/C16H25ClN4OS/c1-16(2,3)21-14(22)11-20-15(18-4)19-9-10-23-13-7-5-12(17)6-8-13/h5-8H,9-11H2,1-4H3,(H,21,22)(H2,18,19,20). The van der Waals surface area contributed by atoms with Crippen LogP contribution in [0.4, 0.5) is 0 Å². The van der Waals surface area contributed by atoms with Gasteiger partial charge in [-0.25, -0.2) is 0 Å². The lowest BCUT2D eigenvalue weighted by Gasteiger charge is -2.21. The number of nitrogens with zero attached hydrogens (tertiary/aromatic N) is 1. The maximum Gasteiger partial charge on any atom is 0.239 e. The first-order chi connectivity index (χ1) is 10.8. The van der Waals surface area contributed by atoms with Crippen LogP contribution in [0, 0.1) is 0 Å². The zero-order valence-corrected chi connectivity index (χ0v) is 15.6. The summed E-state index contributed by atoms with van der Waals surface area (Å²) in [4.78, 5) is 17.0. The molecule has 0 aliphatic carbocycles. The van der Waals surface area contributed by atoms with Crippen LogP contribution >= 0.6 is 23.4 Å². The maximum atomic E-state index is 11.8. The molecule has 0 aromatic heterocycles. The summed E-state index contributed by atoms with van der Waals surface area (Å²) in [5.41, 5.74) is -0.231. The Labute approximate surface area is 147 Å². The van der Waals surface area contributed by atoms with Crippen molar-refractivity contribution in [2.24, 2.45) is 4.99 Å². The van der Waals surface area contributed by atoms with Crippen molar-refractivity contribution in [1.29, 1.82) is 0 Å². The number of guanidine groups is 1. The zero-order chi connectivity index (χ0) is 17.3. The largest absolute Gasteiger partial charge is 0.356 e. The average molecular weight is 357 g/mol. The van der Waals surface area contributed by atoms with Gasteiger partial charge in [0.05, 0.1) is 6.54 Å². The summed E-state index contributed by atoms with van der Waals surface area (Å²) in [5, 5.41) is 9.81. The van der Waals surface area contributed by atoms with Crippen molar-refractivity contribution < 1.29 is 4.79 Å². The smallest absolute Gasteiger partial charge is 0.239 e. The van der Waals surface area contributed by atoms with E-state index in [1.807, 2.05) is 45.0 Å². The molecule has 0 bridgehead atoms. The second-order valence-corrected chi connectivity index (χ2v) is 7.56. The molecule has 3 N–H and O–H groups in total. The molecule has 128 valence electrons. The number of benzene rings is 1. The number of carbonyl (C=O) groups is 1. The fourth-order valence-electron chi connectivity index (χ4n) is 1.72. The highest BCUT2D eigenvalue weighted by atomic mass is 35.5. The molecule has 7 heteroatoms. The Balaban J connectivity index is 2.24. The van der Waals surface area contributed by atoms with Gasteiger partial charge in [0, 0.05) is 34.8 Å². The van der Waals surface area contributed by atoms with Gasteiger partial charge in [0.1, 0.15) is 0 Å². The van der Waals surface area contributed by atoms with Crippen molar-refractivity contribution in [2.75, 3.05) is 25.9 Å². The van der Waals surface area contributed by atoms with E-state index in [1.165, 1.54) is 4.90 Å². The van der Waals surface area contributed by atoms with Gasteiger partial charge in [-0.1, -0.05) is 11.6 Å². The van der Waals surface area contributed by atoms with Crippen molar-refractivity contribution in [3.8, 4) is 0 Å². The number of amides is 1. The molecule has 1 aromatic carbocycles. The Morgan fingerprint density at radius 2 is 1.87 bits per heavy atom. The molecule has 1 aromatic rings. The molecule has 0 unspecified atom stereocenters. The Hall–Kier alpha value is -1.40. The lowest BCUT2D eigenvalue weighted by molar-refractivity contribution is -0.121. The Kier molecular flexibility index (Phi) is 8.26. The first kappa shape index (κ1) is 19.6. The van der Waals surface area contributed by atoms with E-state index in [1.54, 1.807) is 18.8 Å². The number of hydrogen-bond donors (Lipinski definition) is 3. The van der Waals surface area contributed by atoms with E-state index in [2.05, 4.69) is 20.9 Å². The number of rotatable bonds is 6. The Morgan fingerprint density at radius 3 is 2.43 bits per heavy atom. The Bertz CT molecular complexity index is 526. The molecule has 1 rings (SSSR count). The van der Waals surface area contributed by atoms with Crippen LogP contribution in [0.3, 0.4) is 0 Å². The highest BCUT2D eigenvalue weighted by Gasteiger charge is 2.13. The third-order valence-corrected chi connectivity index (χ3v) is 3.90. The zero-order valence-electron chi connectivity index (χ0n) is 14.1. The summed E-state index contributed by atoms with van der Waals surface area (Å²) >= 11 is 7.59. The molecule has 0 aliphatic rings. The molecule has 1 amide bonds. The predicted octanol–water partition coefficient (Wildman–Crippen LogP) is 2.51. The van der Waals surface area contributed by atoms with Crippen molar-refractivity contribution in [1.82, 2.24) is 16.0 Å². The predicted molar refractivity (Wildman–Crippen MR) is 99.4 cm³/mol. The third kappa shape index (κ3) is 9.36. The lowest BCUT2D eigenvalue weighted by atomic mass is 10.1. The van der Waals surface area contributed by atoms with Gasteiger partial charge >= 0.3 is 0 Å². The molecule has 0 fully saturated rings. The SMILES string of the molecule is CN=C(NCCSc1ccc(Cl)cc1)NCC(=O)NC(C)(C)C. The number of carbonyl (C=O) groups excluding carboxylic acids is 1. The summed E-state index contributed by atoms with van der Waals surface area (Å²) in [6, 6.07) is 7.76. The van der Waals surface area contributed by atoms with Crippen LogP contribution in [0.2, 0.25) is 5.02 Å². The van der Waals surface area contributed by atoms with Crippen molar-refractivity contribution in [3.05, 3.63) is 29.3 Å². The average Bonchev–Trinajstić information content (AvgIpc) is 2.46. The van der Waals surface area contributed by atoms with Gasteiger partial charge in [0.15, 0.2) is 5.96 Å². The van der Waals surface area contributed by atoms with E-state index < -0.39 is 0 Å². The molecular formula is C16H25ClN4OS. The second kappa shape index (κ2) is 9.67. The van der Waals surface area contributed by atoms with E-state index >= 15 is 0 Å². The minimum absolute atomic E-state index is 0.0593. The van der Waals surface area contributed by atoms with E-state index in [-0.39, 0.29) is 18.0 Å². The van der Waals surface area contributed by atoms with Gasteiger partial charge in [-0.15, -0.1) is 11.8 Å². The fourth-order valence-corrected chi connectivity index (χ4v) is 2.61. The summed E-state index contributed by atoms with van der Waals surface area (Å²) in [5.74, 6) is 1.44. The van der Waals surface area contributed by atoms with Crippen LogP contribution in [0.15, 0.2) is 34.2 Å². The van der Waals surface area contributed by atoms with Gasteiger partial charge in [-0.3, -0.25) is 9.79 Å². The fraction of sp³-hybridized carbons (Fsp3) is 0.500. The Morgan fingerprint density at radius 1 is 1.22 bits per heavy atom. The van der Waals surface area contributed by atoms with Crippen LogP contribution in [-0.2, 0) is 4.79 Å². The monoisotopic (exact) mass is 356 g/mol. The molecule has 23 heavy (non-hydrogen) atoms. The number of halogens is 1. The lowest BCUT2D eigenvalue weighted by Crippen LogP contribution is -2.48. The molecule has 0 radical (unpaired) electrons. The van der Waals surface area contributed by atoms with E-state index in [9.17, 15) is 4.79 Å². The van der Waals surface area contributed by atoms with Crippen molar-refractivity contribution in [3.63, 3.8) is 0 Å². The molecule has 0 aliphatic heterocycles. The van der Waals surface area contributed by atoms with Crippen molar-refractivity contribution in [2.45, 2.75) is 31.2 Å². The minimum Gasteiger partial charge on any atom is -0.356 e. The van der Waals surface area contributed by atoms with Crippen LogP contribution in [0.5, 0.6) is 0 Å². The molecule has 0 spiro atoms. The van der Waals surface area contributed by atoms with Crippen LogP contribution < -0.4 is 16.0 Å². The topological polar surface area (TPSA) is 65.5 Å². The van der Waals surface area contributed by atoms with Gasteiger partial charge < -0.3 is 16.0 Å². The summed E-state index contributed by atoms with van der Waals surface area (Å²) in [7, 11) is 1.68. The highest BCUT2D eigenvalue weighted by molar-refractivity contribution is 7.99. The second-order valence-electron chi connectivity index (χ2n) is 5.95. The first-order valence-electron chi connectivity index (χ1n) is 7.44. The first-order valence-corrected chi connectivity index (χ1v) is 8.80. The molecule has 0 heterocycles. The summed E-state index contributed by atoms with van der Waals surface area (Å²) in [6.07, 6.45) is 0. The molecule has 0 atom stereocenters. The molecule has 0 saturated heterocycles. The number of thioether (sulfide) groups is 1. The molecular weight excluding hydrogens is 332 g/mol. The molecule has 5 nitrogen and oxygen atoms in total.